The van der Waals surface area contributed by atoms with Crippen molar-refractivity contribution in [2.75, 3.05) is 0 Å². The van der Waals surface area contributed by atoms with Gasteiger partial charge in [-0.25, -0.2) is 4.79 Å². The molecule has 7 atom stereocenters. The van der Waals surface area contributed by atoms with Gasteiger partial charge in [-0.2, -0.15) is 0 Å². The van der Waals surface area contributed by atoms with E-state index in [1.54, 1.807) is 0 Å². The normalized spacial score (nSPS) is 61.3. The molecule has 5 heteroatoms. The molecule has 5 rings (SSSR count). The van der Waals surface area contributed by atoms with Crippen LogP contribution in [0, 0.1) is 5.92 Å². The lowest BCUT2D eigenvalue weighted by Gasteiger charge is -2.45. The van der Waals surface area contributed by atoms with Gasteiger partial charge in [0.15, 0.2) is 11.2 Å². The summed E-state index contributed by atoms with van der Waals surface area (Å²) in [4.78, 5) is 11.8. The number of fused-ring (bicyclic) bond motifs is 4. The van der Waals surface area contributed by atoms with Crippen LogP contribution in [-0.2, 0) is 18.9 Å². The Morgan fingerprint density at radius 1 is 1.05 bits per heavy atom. The van der Waals surface area contributed by atoms with Crippen LogP contribution < -0.4 is 0 Å². The maximum Gasteiger partial charge on any atom is 0.509 e. The molecule has 3 heterocycles. The van der Waals surface area contributed by atoms with Crippen LogP contribution >= 0.6 is 0 Å². The predicted molar refractivity (Wildman–Crippen MR) is 62.6 cm³/mol. The molecule has 0 N–H and O–H groups in total. The number of hydrogen-bond acceptors (Lipinski definition) is 5. The SMILES string of the molecule is CC12CCC3OC3C1(C1CCC3OC3C1)OC(=O)O2. The lowest BCUT2D eigenvalue weighted by Crippen LogP contribution is -2.62. The first-order valence-corrected chi connectivity index (χ1v) is 7.35. The van der Waals surface area contributed by atoms with Crippen LogP contribution in [-0.4, -0.2) is 41.8 Å². The maximum atomic E-state index is 11.8. The van der Waals surface area contributed by atoms with Crippen molar-refractivity contribution < 1.29 is 23.7 Å². The summed E-state index contributed by atoms with van der Waals surface area (Å²) in [6.45, 7) is 2.02. The first-order valence-electron chi connectivity index (χ1n) is 7.35. The number of carbonyl (C=O) groups is 1. The van der Waals surface area contributed by atoms with Gasteiger partial charge in [0.25, 0.3) is 0 Å². The van der Waals surface area contributed by atoms with Crippen molar-refractivity contribution in [2.24, 2.45) is 5.92 Å². The number of ether oxygens (including phenoxy) is 4. The van der Waals surface area contributed by atoms with Crippen molar-refractivity contribution in [3.8, 4) is 0 Å². The van der Waals surface area contributed by atoms with Crippen LogP contribution in [0.15, 0.2) is 0 Å². The molecule has 3 aliphatic heterocycles. The van der Waals surface area contributed by atoms with Crippen molar-refractivity contribution >= 4 is 6.16 Å². The molecular formula is C14H18O5. The van der Waals surface area contributed by atoms with Gasteiger partial charge >= 0.3 is 6.16 Å². The maximum absolute atomic E-state index is 11.8. The number of carbonyl (C=O) groups excluding carboxylic acids is 1. The second kappa shape index (κ2) is 3.09. The summed E-state index contributed by atoms with van der Waals surface area (Å²) >= 11 is 0. The summed E-state index contributed by atoms with van der Waals surface area (Å²) in [5.41, 5.74) is -1.09. The monoisotopic (exact) mass is 266 g/mol. The fourth-order valence-electron chi connectivity index (χ4n) is 4.83. The Morgan fingerprint density at radius 2 is 1.95 bits per heavy atom. The van der Waals surface area contributed by atoms with Crippen molar-refractivity contribution in [3.63, 3.8) is 0 Å². The third-order valence-electron chi connectivity index (χ3n) is 5.91. The average Bonchev–Trinajstić information content (AvgIpc) is 3.25. The fourth-order valence-corrected chi connectivity index (χ4v) is 4.83. The zero-order valence-electron chi connectivity index (χ0n) is 11.0. The van der Waals surface area contributed by atoms with E-state index in [0.717, 1.165) is 32.1 Å². The van der Waals surface area contributed by atoms with Crippen molar-refractivity contribution in [1.29, 1.82) is 0 Å². The molecule has 2 saturated carbocycles. The van der Waals surface area contributed by atoms with Gasteiger partial charge in [0.1, 0.15) is 6.10 Å². The minimum absolute atomic E-state index is 0.0398. The highest BCUT2D eigenvalue weighted by atomic mass is 16.8. The van der Waals surface area contributed by atoms with Gasteiger partial charge in [0, 0.05) is 5.92 Å². The Balaban J connectivity index is 1.56. The van der Waals surface area contributed by atoms with Crippen LogP contribution in [0.4, 0.5) is 4.79 Å². The Hall–Kier alpha value is -0.810. The third-order valence-corrected chi connectivity index (χ3v) is 5.91. The van der Waals surface area contributed by atoms with Gasteiger partial charge < -0.3 is 18.9 Å². The van der Waals surface area contributed by atoms with E-state index in [4.69, 9.17) is 18.9 Å². The molecule has 0 radical (unpaired) electrons. The van der Waals surface area contributed by atoms with E-state index in [1.807, 2.05) is 6.92 Å². The van der Waals surface area contributed by atoms with Crippen molar-refractivity contribution in [3.05, 3.63) is 0 Å². The molecule has 0 spiro atoms. The number of epoxide rings is 2. The summed E-state index contributed by atoms with van der Waals surface area (Å²) < 4.78 is 22.8. The summed E-state index contributed by atoms with van der Waals surface area (Å²) in [5.74, 6) is 0.308. The van der Waals surface area contributed by atoms with E-state index in [2.05, 4.69) is 0 Å². The Kier molecular flexibility index (Phi) is 1.77. The van der Waals surface area contributed by atoms with Gasteiger partial charge in [-0.3, -0.25) is 0 Å². The standard InChI is InChI=1S/C14H18O5/c1-13-5-4-9-11(17-9)14(13,19-12(15)18-13)7-2-3-8-10(6-7)16-8/h7-11H,2-6H2,1H3. The summed E-state index contributed by atoms with van der Waals surface area (Å²) in [5, 5.41) is 0. The highest BCUT2D eigenvalue weighted by Crippen LogP contribution is 2.61. The molecule has 2 aliphatic carbocycles. The first-order chi connectivity index (χ1) is 9.12. The molecule has 3 saturated heterocycles. The van der Waals surface area contributed by atoms with E-state index in [9.17, 15) is 4.79 Å². The molecule has 0 bridgehead atoms. The predicted octanol–water partition coefficient (Wildman–Crippen LogP) is 1.78. The lowest BCUT2D eigenvalue weighted by atomic mass is 9.62. The van der Waals surface area contributed by atoms with Crippen LogP contribution in [0.5, 0.6) is 0 Å². The van der Waals surface area contributed by atoms with E-state index >= 15 is 0 Å². The van der Waals surface area contributed by atoms with Crippen LogP contribution in [0.1, 0.15) is 39.0 Å². The summed E-state index contributed by atoms with van der Waals surface area (Å²) in [6, 6.07) is 0. The third kappa shape index (κ3) is 1.21. The smallest absolute Gasteiger partial charge is 0.424 e. The zero-order chi connectivity index (χ0) is 12.8. The Bertz CT molecular complexity index is 465. The molecule has 5 fully saturated rings. The Labute approximate surface area is 111 Å². The van der Waals surface area contributed by atoms with Gasteiger partial charge in [-0.05, 0) is 39.0 Å². The molecule has 19 heavy (non-hydrogen) atoms. The van der Waals surface area contributed by atoms with E-state index in [-0.39, 0.29) is 12.2 Å². The minimum Gasteiger partial charge on any atom is -0.424 e. The van der Waals surface area contributed by atoms with Crippen LogP contribution in [0.2, 0.25) is 0 Å². The Morgan fingerprint density at radius 3 is 2.79 bits per heavy atom. The largest absolute Gasteiger partial charge is 0.509 e. The van der Waals surface area contributed by atoms with E-state index in [0.29, 0.717) is 18.1 Å². The average molecular weight is 266 g/mol. The minimum atomic E-state index is -0.566. The fraction of sp³-hybridized carbons (Fsp3) is 0.929. The van der Waals surface area contributed by atoms with E-state index < -0.39 is 17.4 Å². The molecule has 104 valence electrons. The molecule has 0 amide bonds. The highest BCUT2D eigenvalue weighted by molar-refractivity contribution is 5.65. The molecule has 5 nitrogen and oxygen atoms in total. The first kappa shape index (κ1) is 10.9. The highest BCUT2D eigenvalue weighted by Gasteiger charge is 2.77. The van der Waals surface area contributed by atoms with Gasteiger partial charge in [-0.15, -0.1) is 0 Å². The summed E-state index contributed by atoms with van der Waals surface area (Å²) in [7, 11) is 0. The number of hydrogen-bond donors (Lipinski definition) is 0. The second-order valence-electron chi connectivity index (χ2n) is 6.83. The zero-order valence-corrected chi connectivity index (χ0v) is 11.0. The lowest BCUT2D eigenvalue weighted by molar-refractivity contribution is -0.112. The van der Waals surface area contributed by atoms with Crippen LogP contribution in [0.25, 0.3) is 0 Å². The quantitative estimate of drug-likeness (QED) is 0.535. The molecule has 0 aromatic heterocycles. The van der Waals surface area contributed by atoms with Gasteiger partial charge in [-0.1, -0.05) is 0 Å². The molecule has 0 aromatic rings. The van der Waals surface area contributed by atoms with Gasteiger partial charge in [0.05, 0.1) is 18.3 Å². The van der Waals surface area contributed by atoms with E-state index in [1.165, 1.54) is 0 Å². The molecule has 0 aromatic carbocycles. The van der Waals surface area contributed by atoms with Crippen molar-refractivity contribution in [1.82, 2.24) is 0 Å². The number of rotatable bonds is 1. The van der Waals surface area contributed by atoms with Crippen LogP contribution in [0.3, 0.4) is 0 Å². The topological polar surface area (TPSA) is 60.6 Å². The molecule has 7 unspecified atom stereocenters. The molecule has 5 aliphatic rings. The molecular weight excluding hydrogens is 248 g/mol. The van der Waals surface area contributed by atoms with Crippen molar-refractivity contribution in [2.45, 2.75) is 74.6 Å². The summed E-state index contributed by atoms with van der Waals surface area (Å²) in [6.07, 6.45) is 5.51. The van der Waals surface area contributed by atoms with Gasteiger partial charge in [0.2, 0.25) is 0 Å². The second-order valence-corrected chi connectivity index (χ2v) is 6.83.